The minimum atomic E-state index is -0.169. The first-order valence-electron chi connectivity index (χ1n) is 10.1. The number of nitrogens with zero attached hydrogens (tertiary/aromatic N) is 2. The summed E-state index contributed by atoms with van der Waals surface area (Å²) in [5, 5.41) is 10.1. The van der Waals surface area contributed by atoms with Gasteiger partial charge in [-0.15, -0.1) is 0 Å². The minimum Gasteiger partial charge on any atom is -0.393 e. The van der Waals surface area contributed by atoms with Crippen molar-refractivity contribution in [2.75, 3.05) is 0 Å². The van der Waals surface area contributed by atoms with Crippen LogP contribution in [0.1, 0.15) is 65.7 Å². The van der Waals surface area contributed by atoms with E-state index in [9.17, 15) is 9.90 Å². The fourth-order valence-electron chi connectivity index (χ4n) is 7.18. The Labute approximate surface area is 156 Å². The van der Waals surface area contributed by atoms with E-state index in [0.29, 0.717) is 17.8 Å². The number of Topliss-reactive ketones (excluding diaryl/α,β-unsaturated/α-hetero) is 1. The summed E-state index contributed by atoms with van der Waals surface area (Å²) in [6, 6.07) is 0. The lowest BCUT2D eigenvalue weighted by atomic mass is 9.47. The molecule has 0 spiro atoms. The predicted octanol–water partition coefficient (Wildman–Crippen LogP) is 4.11. The van der Waals surface area contributed by atoms with Crippen LogP contribution in [0.3, 0.4) is 0 Å². The Morgan fingerprint density at radius 1 is 1.23 bits per heavy atom. The van der Waals surface area contributed by atoms with E-state index < -0.39 is 0 Å². The zero-order valence-corrected chi connectivity index (χ0v) is 16.2. The van der Waals surface area contributed by atoms with Crippen molar-refractivity contribution in [3.05, 3.63) is 28.3 Å². The molecule has 0 aromatic rings. The van der Waals surface area contributed by atoms with Crippen LogP contribution in [-0.4, -0.2) is 28.0 Å². The van der Waals surface area contributed by atoms with E-state index in [1.807, 2.05) is 0 Å². The second-order valence-corrected chi connectivity index (χ2v) is 9.58. The second kappa shape index (κ2) is 6.00. The highest BCUT2D eigenvalue weighted by molar-refractivity contribution is 6.34. The van der Waals surface area contributed by atoms with Gasteiger partial charge in [0, 0.05) is 5.57 Å². The van der Waals surface area contributed by atoms with Gasteiger partial charge in [0.25, 0.3) is 5.78 Å². The standard InChI is InChI=1S/C22H30N2O2/c1-13-10-18-16-5-4-14-11-15(25)6-8-21(14,2)17(16)7-9-22(18,3)20(13)19(26)12-24-23/h4,12,15-18,25H,5-11H2,1-3H3/t15-,16+,17-,18-,21-,22-/m0/s1. The lowest BCUT2D eigenvalue weighted by Crippen LogP contribution is -2.50. The first-order chi connectivity index (χ1) is 12.3. The topological polar surface area (TPSA) is 73.7 Å². The van der Waals surface area contributed by atoms with E-state index in [-0.39, 0.29) is 22.7 Å². The van der Waals surface area contributed by atoms with E-state index in [4.69, 9.17) is 5.53 Å². The highest BCUT2D eigenvalue weighted by Crippen LogP contribution is 2.65. The molecule has 0 heterocycles. The summed E-state index contributed by atoms with van der Waals surface area (Å²) in [7, 11) is 0. The average Bonchev–Trinajstić information content (AvgIpc) is 2.86. The summed E-state index contributed by atoms with van der Waals surface area (Å²) in [5.74, 6) is 1.63. The van der Waals surface area contributed by atoms with E-state index in [1.54, 1.807) is 0 Å². The molecule has 0 aliphatic heterocycles. The van der Waals surface area contributed by atoms with Gasteiger partial charge in [-0.25, -0.2) is 0 Å². The van der Waals surface area contributed by atoms with Gasteiger partial charge in [-0.2, -0.15) is 4.79 Å². The maximum absolute atomic E-state index is 12.6. The first-order valence-corrected chi connectivity index (χ1v) is 10.1. The van der Waals surface area contributed by atoms with E-state index >= 15 is 0 Å². The zero-order valence-electron chi connectivity index (χ0n) is 16.2. The van der Waals surface area contributed by atoms with Gasteiger partial charge >= 0.3 is 6.21 Å². The Morgan fingerprint density at radius 2 is 1.96 bits per heavy atom. The van der Waals surface area contributed by atoms with Crippen LogP contribution >= 0.6 is 0 Å². The van der Waals surface area contributed by atoms with Crippen LogP contribution in [0.2, 0.25) is 0 Å². The Kier molecular flexibility index (Phi) is 4.13. The lowest BCUT2D eigenvalue weighted by Gasteiger charge is -2.57. The number of aliphatic hydroxyl groups excluding tert-OH is 1. The monoisotopic (exact) mass is 354 g/mol. The second-order valence-electron chi connectivity index (χ2n) is 9.58. The van der Waals surface area contributed by atoms with Crippen molar-refractivity contribution in [2.24, 2.45) is 28.6 Å². The summed E-state index contributed by atoms with van der Waals surface area (Å²) in [6.07, 6.45) is 10.4. The normalized spacial score (nSPS) is 44.4. The van der Waals surface area contributed by atoms with Crippen LogP contribution in [0.15, 0.2) is 22.8 Å². The number of hydrogen-bond donors (Lipinski definition) is 1. The Hall–Kier alpha value is -1.51. The molecule has 2 fully saturated rings. The predicted molar refractivity (Wildman–Crippen MR) is 100 cm³/mol. The van der Waals surface area contributed by atoms with E-state index in [2.05, 4.69) is 31.6 Å². The van der Waals surface area contributed by atoms with Crippen molar-refractivity contribution in [3.8, 4) is 0 Å². The number of rotatable bonds is 2. The van der Waals surface area contributed by atoms with E-state index in [1.165, 1.54) is 11.1 Å². The van der Waals surface area contributed by atoms with Crippen molar-refractivity contribution >= 4 is 12.0 Å². The Morgan fingerprint density at radius 3 is 2.69 bits per heavy atom. The smallest absolute Gasteiger partial charge is 0.327 e. The minimum absolute atomic E-state index is 0.0978. The molecule has 140 valence electrons. The van der Waals surface area contributed by atoms with Crippen LogP contribution in [0.5, 0.6) is 0 Å². The van der Waals surface area contributed by atoms with Gasteiger partial charge in [-0.05, 0) is 80.5 Å². The quantitative estimate of drug-likeness (QED) is 0.351. The number of carbonyl (C=O) groups excluding carboxylic acids is 1. The molecule has 4 rings (SSSR count). The van der Waals surface area contributed by atoms with Crippen LogP contribution in [-0.2, 0) is 4.79 Å². The SMILES string of the molecule is CC1=C(C(=O)C=[N+]=[N-])[C@@]2(C)CC[C@H]3[C@@H](CC=C4C[C@@H](O)CC[C@@]43C)[C@@H]2C1. The van der Waals surface area contributed by atoms with Crippen molar-refractivity contribution in [3.63, 3.8) is 0 Å². The first kappa shape index (κ1) is 17.9. The number of carbonyl (C=O) groups is 1. The summed E-state index contributed by atoms with van der Waals surface area (Å²) >= 11 is 0. The molecule has 0 aromatic heterocycles. The summed E-state index contributed by atoms with van der Waals surface area (Å²) in [6.45, 7) is 6.76. The van der Waals surface area contributed by atoms with Crippen molar-refractivity contribution in [1.29, 1.82) is 0 Å². The molecule has 0 radical (unpaired) electrons. The summed E-state index contributed by atoms with van der Waals surface area (Å²) < 4.78 is 0. The Balaban J connectivity index is 1.69. The molecule has 26 heavy (non-hydrogen) atoms. The average molecular weight is 354 g/mol. The van der Waals surface area contributed by atoms with Crippen molar-refractivity contribution in [1.82, 2.24) is 0 Å². The molecular formula is C22H30N2O2. The van der Waals surface area contributed by atoms with Gasteiger partial charge in [0.15, 0.2) is 0 Å². The van der Waals surface area contributed by atoms with Crippen LogP contribution in [0.25, 0.3) is 5.53 Å². The van der Waals surface area contributed by atoms with Gasteiger partial charge in [-0.1, -0.05) is 31.1 Å². The van der Waals surface area contributed by atoms with Crippen LogP contribution in [0, 0.1) is 28.6 Å². The number of aliphatic hydroxyl groups is 1. The third-order valence-electron chi connectivity index (χ3n) is 8.41. The highest BCUT2D eigenvalue weighted by Gasteiger charge is 2.58. The lowest BCUT2D eigenvalue weighted by molar-refractivity contribution is -0.115. The molecule has 4 aliphatic carbocycles. The number of fused-ring (bicyclic) bond motifs is 5. The maximum atomic E-state index is 12.6. The van der Waals surface area contributed by atoms with Gasteiger partial charge < -0.3 is 10.6 Å². The number of ketones is 1. The molecule has 4 nitrogen and oxygen atoms in total. The molecular weight excluding hydrogens is 324 g/mol. The van der Waals surface area contributed by atoms with Crippen LogP contribution < -0.4 is 0 Å². The molecule has 4 heteroatoms. The molecule has 6 atom stereocenters. The third kappa shape index (κ3) is 2.35. The van der Waals surface area contributed by atoms with Gasteiger partial charge in [0.2, 0.25) is 0 Å². The Bertz CT molecular complexity index is 760. The van der Waals surface area contributed by atoms with Gasteiger partial charge in [0.05, 0.1) is 6.10 Å². The molecule has 1 N–H and O–H groups in total. The molecule has 0 saturated heterocycles. The van der Waals surface area contributed by atoms with Crippen molar-refractivity contribution < 1.29 is 14.7 Å². The fourth-order valence-corrected chi connectivity index (χ4v) is 7.18. The molecule has 2 saturated carbocycles. The molecule has 0 aromatic carbocycles. The number of hydrogen-bond acceptors (Lipinski definition) is 2. The third-order valence-corrected chi connectivity index (χ3v) is 8.41. The molecule has 0 unspecified atom stereocenters. The molecule has 4 aliphatic rings. The molecule has 0 amide bonds. The van der Waals surface area contributed by atoms with Crippen LogP contribution in [0.4, 0.5) is 0 Å². The van der Waals surface area contributed by atoms with Crippen molar-refractivity contribution in [2.45, 2.75) is 71.8 Å². The maximum Gasteiger partial charge on any atom is 0.327 e. The van der Waals surface area contributed by atoms with Gasteiger partial charge in [-0.3, -0.25) is 4.79 Å². The highest BCUT2D eigenvalue weighted by atomic mass is 16.3. The fraction of sp³-hybridized carbons (Fsp3) is 0.727. The largest absolute Gasteiger partial charge is 0.393 e. The number of allylic oxidation sites excluding steroid dienone is 3. The summed E-state index contributed by atoms with van der Waals surface area (Å²) in [4.78, 5) is 15.6. The van der Waals surface area contributed by atoms with Gasteiger partial charge in [0.1, 0.15) is 0 Å². The van der Waals surface area contributed by atoms with E-state index in [0.717, 1.165) is 56.7 Å². The molecule has 0 bridgehead atoms. The zero-order chi connectivity index (χ0) is 18.7. The summed E-state index contributed by atoms with van der Waals surface area (Å²) in [5.41, 5.74) is 12.5.